The molecule has 0 unspecified atom stereocenters. The van der Waals surface area contributed by atoms with E-state index in [0.717, 1.165) is 16.7 Å². The van der Waals surface area contributed by atoms with E-state index in [1.807, 2.05) is 6.07 Å². The molecule has 1 N–H and O–H groups in total. The second-order valence-electron chi connectivity index (χ2n) is 6.60. The fourth-order valence-corrected chi connectivity index (χ4v) is 4.06. The van der Waals surface area contributed by atoms with Crippen LogP contribution in [-0.4, -0.2) is 35.0 Å². The Kier molecular flexibility index (Phi) is 6.65. The molecule has 0 saturated carbocycles. The summed E-state index contributed by atoms with van der Waals surface area (Å²) in [6.07, 6.45) is 4.13. The van der Waals surface area contributed by atoms with Gasteiger partial charge in [0, 0.05) is 45.4 Å². The molecule has 28 heavy (non-hydrogen) atoms. The highest BCUT2D eigenvalue weighted by molar-refractivity contribution is 6.38. The summed E-state index contributed by atoms with van der Waals surface area (Å²) in [6.45, 7) is 0.872. The second kappa shape index (κ2) is 8.99. The Morgan fingerprint density at radius 3 is 2.39 bits per heavy atom. The molecule has 1 aliphatic heterocycles. The van der Waals surface area contributed by atoms with Gasteiger partial charge in [0.05, 0.1) is 5.92 Å². The van der Waals surface area contributed by atoms with Crippen LogP contribution in [0.1, 0.15) is 18.4 Å². The highest BCUT2D eigenvalue weighted by atomic mass is 35.5. The fourth-order valence-electron chi connectivity index (χ4n) is 3.27. The summed E-state index contributed by atoms with van der Waals surface area (Å²) in [7, 11) is 0. The number of piperidine rings is 1. The van der Waals surface area contributed by atoms with Crippen molar-refractivity contribution in [3.63, 3.8) is 0 Å². The SMILES string of the molecule is O=C(O)C1CCN(C(=O)/C=C/c2cccc(Cl)c2-c2ccc(Cl)cc2Cl)CC1. The topological polar surface area (TPSA) is 57.6 Å². The Morgan fingerprint density at radius 1 is 1.04 bits per heavy atom. The normalized spacial score (nSPS) is 15.2. The molecular weight excluding hydrogens is 421 g/mol. The van der Waals surface area contributed by atoms with Gasteiger partial charge in [0.15, 0.2) is 0 Å². The van der Waals surface area contributed by atoms with Gasteiger partial charge in [0.2, 0.25) is 5.91 Å². The van der Waals surface area contributed by atoms with Crippen LogP contribution in [0.15, 0.2) is 42.5 Å². The summed E-state index contributed by atoms with van der Waals surface area (Å²) in [5, 5.41) is 10.6. The van der Waals surface area contributed by atoms with Gasteiger partial charge in [0.1, 0.15) is 0 Å². The summed E-state index contributed by atoms with van der Waals surface area (Å²) >= 11 is 18.7. The van der Waals surface area contributed by atoms with E-state index in [1.165, 1.54) is 6.08 Å². The molecule has 0 radical (unpaired) electrons. The van der Waals surface area contributed by atoms with Crippen LogP contribution in [0.4, 0.5) is 0 Å². The molecule has 1 heterocycles. The maximum atomic E-state index is 12.5. The number of carbonyl (C=O) groups is 2. The van der Waals surface area contributed by atoms with E-state index in [2.05, 4.69) is 0 Å². The largest absolute Gasteiger partial charge is 0.481 e. The quantitative estimate of drug-likeness (QED) is 0.628. The minimum Gasteiger partial charge on any atom is -0.481 e. The second-order valence-corrected chi connectivity index (χ2v) is 7.85. The van der Waals surface area contributed by atoms with E-state index >= 15 is 0 Å². The van der Waals surface area contributed by atoms with Crippen molar-refractivity contribution in [3.05, 3.63) is 63.1 Å². The van der Waals surface area contributed by atoms with Gasteiger partial charge in [-0.15, -0.1) is 0 Å². The van der Waals surface area contributed by atoms with E-state index < -0.39 is 5.97 Å². The number of rotatable bonds is 4. The summed E-state index contributed by atoms with van der Waals surface area (Å²) in [5.41, 5.74) is 2.20. The number of carbonyl (C=O) groups excluding carboxylic acids is 1. The first-order valence-electron chi connectivity index (χ1n) is 8.80. The van der Waals surface area contributed by atoms with Crippen molar-refractivity contribution in [1.29, 1.82) is 0 Å². The monoisotopic (exact) mass is 437 g/mol. The number of amides is 1. The van der Waals surface area contributed by atoms with E-state index in [0.29, 0.717) is 41.0 Å². The molecule has 0 spiro atoms. The molecule has 2 aromatic carbocycles. The first-order valence-corrected chi connectivity index (χ1v) is 9.94. The van der Waals surface area contributed by atoms with Gasteiger partial charge in [-0.2, -0.15) is 0 Å². The van der Waals surface area contributed by atoms with Crippen LogP contribution < -0.4 is 0 Å². The molecule has 0 aromatic heterocycles. The lowest BCUT2D eigenvalue weighted by atomic mass is 9.97. The molecule has 7 heteroatoms. The van der Waals surface area contributed by atoms with E-state index in [4.69, 9.17) is 39.9 Å². The molecule has 1 amide bonds. The van der Waals surface area contributed by atoms with Crippen LogP contribution in [0.2, 0.25) is 15.1 Å². The van der Waals surface area contributed by atoms with Crippen LogP contribution in [0, 0.1) is 5.92 Å². The van der Waals surface area contributed by atoms with Gasteiger partial charge in [0.25, 0.3) is 0 Å². The van der Waals surface area contributed by atoms with Crippen LogP contribution in [-0.2, 0) is 9.59 Å². The third-order valence-electron chi connectivity index (χ3n) is 4.81. The average molecular weight is 439 g/mol. The average Bonchev–Trinajstić information content (AvgIpc) is 2.67. The molecule has 1 fully saturated rings. The molecule has 0 atom stereocenters. The van der Waals surface area contributed by atoms with E-state index in [-0.39, 0.29) is 11.8 Å². The minimum absolute atomic E-state index is 0.156. The van der Waals surface area contributed by atoms with Gasteiger partial charge in [-0.25, -0.2) is 0 Å². The molecule has 4 nitrogen and oxygen atoms in total. The Balaban J connectivity index is 1.82. The summed E-state index contributed by atoms with van der Waals surface area (Å²) in [6, 6.07) is 10.6. The van der Waals surface area contributed by atoms with E-state index in [1.54, 1.807) is 41.3 Å². The van der Waals surface area contributed by atoms with Crippen molar-refractivity contribution in [2.24, 2.45) is 5.92 Å². The smallest absolute Gasteiger partial charge is 0.306 e. The standard InChI is InChI=1S/C21H18Cl3NO3/c22-15-5-6-16(18(24)12-15)20-13(2-1-3-17(20)23)4-7-19(26)25-10-8-14(9-11-25)21(27)28/h1-7,12,14H,8-11H2,(H,27,28)/b7-4+. The van der Waals surface area contributed by atoms with Crippen LogP contribution in [0.3, 0.4) is 0 Å². The molecule has 2 aromatic rings. The number of hydrogen-bond acceptors (Lipinski definition) is 2. The predicted octanol–water partition coefficient (Wildman–Crippen LogP) is 5.65. The number of aliphatic carboxylic acids is 1. The maximum absolute atomic E-state index is 12.5. The number of halogens is 3. The summed E-state index contributed by atoms with van der Waals surface area (Å²) < 4.78 is 0. The Hall–Kier alpha value is -2.01. The van der Waals surface area contributed by atoms with Gasteiger partial charge >= 0.3 is 5.97 Å². The molecule has 0 bridgehead atoms. The van der Waals surface area contributed by atoms with Crippen LogP contribution >= 0.6 is 34.8 Å². The summed E-state index contributed by atoms with van der Waals surface area (Å²) in [5.74, 6) is -1.33. The molecule has 1 aliphatic rings. The number of hydrogen-bond donors (Lipinski definition) is 1. The zero-order valence-corrected chi connectivity index (χ0v) is 17.1. The van der Waals surface area contributed by atoms with Crippen molar-refractivity contribution in [3.8, 4) is 11.1 Å². The summed E-state index contributed by atoms with van der Waals surface area (Å²) in [4.78, 5) is 25.2. The first kappa shape index (κ1) is 20.7. The predicted molar refractivity (Wildman–Crippen MR) is 113 cm³/mol. The van der Waals surface area contributed by atoms with Gasteiger partial charge in [-0.3, -0.25) is 9.59 Å². The zero-order valence-electron chi connectivity index (χ0n) is 14.9. The molecule has 146 valence electrons. The van der Waals surface area contributed by atoms with Crippen LogP contribution in [0.5, 0.6) is 0 Å². The van der Waals surface area contributed by atoms with Gasteiger partial charge in [-0.1, -0.05) is 53.0 Å². The Bertz CT molecular complexity index is 934. The minimum atomic E-state index is -0.800. The lowest BCUT2D eigenvalue weighted by Gasteiger charge is -2.29. The molecule has 0 aliphatic carbocycles. The Morgan fingerprint density at radius 2 is 1.75 bits per heavy atom. The highest BCUT2D eigenvalue weighted by Gasteiger charge is 2.26. The fraction of sp³-hybridized carbons (Fsp3) is 0.238. The van der Waals surface area contributed by atoms with E-state index in [9.17, 15) is 9.59 Å². The molecular formula is C21H18Cl3NO3. The van der Waals surface area contributed by atoms with Crippen molar-refractivity contribution in [1.82, 2.24) is 4.90 Å². The lowest BCUT2D eigenvalue weighted by Crippen LogP contribution is -2.39. The first-order chi connectivity index (χ1) is 13.4. The van der Waals surface area contributed by atoms with Crippen molar-refractivity contribution in [2.45, 2.75) is 12.8 Å². The Labute approximate surface area is 178 Å². The third kappa shape index (κ3) is 4.69. The number of likely N-dealkylation sites (tertiary alicyclic amines) is 1. The highest BCUT2D eigenvalue weighted by Crippen LogP contribution is 2.37. The zero-order chi connectivity index (χ0) is 20.3. The number of benzene rings is 2. The molecule has 1 saturated heterocycles. The van der Waals surface area contributed by atoms with Gasteiger partial charge in [-0.05, 0) is 42.7 Å². The van der Waals surface area contributed by atoms with Gasteiger partial charge < -0.3 is 10.0 Å². The molecule has 3 rings (SSSR count). The lowest BCUT2D eigenvalue weighted by molar-refractivity contribution is -0.144. The third-order valence-corrected chi connectivity index (χ3v) is 5.67. The van der Waals surface area contributed by atoms with Crippen molar-refractivity contribution >= 4 is 52.8 Å². The number of carboxylic acid groups (broad SMARTS) is 1. The number of carboxylic acids is 1. The maximum Gasteiger partial charge on any atom is 0.306 e. The van der Waals surface area contributed by atoms with Crippen LogP contribution in [0.25, 0.3) is 17.2 Å². The number of nitrogens with zero attached hydrogens (tertiary/aromatic N) is 1. The van der Waals surface area contributed by atoms with Crippen molar-refractivity contribution < 1.29 is 14.7 Å². The van der Waals surface area contributed by atoms with Crippen molar-refractivity contribution in [2.75, 3.05) is 13.1 Å².